The van der Waals surface area contributed by atoms with Crippen molar-refractivity contribution in [3.8, 4) is 11.5 Å². The molecule has 4 aromatic rings. The first kappa shape index (κ1) is 27.0. The second-order valence-electron chi connectivity index (χ2n) is 9.60. The van der Waals surface area contributed by atoms with Crippen LogP contribution in [0.2, 0.25) is 0 Å². The van der Waals surface area contributed by atoms with E-state index < -0.39 is 23.2 Å². The van der Waals surface area contributed by atoms with E-state index in [1.54, 1.807) is 31.6 Å². The van der Waals surface area contributed by atoms with Gasteiger partial charge in [-0.2, -0.15) is 23.4 Å². The number of hydrogen-bond donors (Lipinski definition) is 1. The molecule has 1 amide bonds. The molecule has 202 valence electrons. The van der Waals surface area contributed by atoms with Crippen molar-refractivity contribution in [3.05, 3.63) is 65.4 Å². The fourth-order valence-corrected chi connectivity index (χ4v) is 3.76. The van der Waals surface area contributed by atoms with Crippen molar-refractivity contribution in [2.24, 2.45) is 0 Å². The standard InChI is InChI=1S/C26H29F3N6O3/c1-6-37-19-9-8-16(10-20(19)38-7-2)14-34-15-17(13-30-34)31-24(36)18-11-23-32-21(25(3,4)5)12-22(26(27,28)29)35(23)33-18/h8-13,15H,6-7,14H2,1-5H3,(H,31,36). The maximum atomic E-state index is 13.7. The topological polar surface area (TPSA) is 95.6 Å². The van der Waals surface area contributed by atoms with Crippen LogP contribution in [0.1, 0.15) is 62.1 Å². The van der Waals surface area contributed by atoms with Crippen molar-refractivity contribution in [1.82, 2.24) is 24.4 Å². The molecule has 9 nitrogen and oxygen atoms in total. The lowest BCUT2D eigenvalue weighted by Crippen LogP contribution is -2.20. The minimum absolute atomic E-state index is 0.0637. The fourth-order valence-electron chi connectivity index (χ4n) is 3.76. The summed E-state index contributed by atoms with van der Waals surface area (Å²) in [5.41, 5.74) is -0.384. The SMILES string of the molecule is CCOc1ccc(Cn2cc(NC(=O)c3cc4nc(C(C)(C)C)cc(C(F)(F)F)n4n3)cn2)cc1OCC. The van der Waals surface area contributed by atoms with Crippen LogP contribution >= 0.6 is 0 Å². The normalized spacial score (nSPS) is 12.1. The Kier molecular flexibility index (Phi) is 7.34. The average molecular weight is 531 g/mol. The molecule has 12 heteroatoms. The summed E-state index contributed by atoms with van der Waals surface area (Å²) in [6.45, 7) is 10.5. The van der Waals surface area contributed by atoms with Gasteiger partial charge in [-0.05, 0) is 37.6 Å². The zero-order valence-electron chi connectivity index (χ0n) is 21.8. The Labute approximate surface area is 217 Å². The molecule has 0 unspecified atom stereocenters. The first-order chi connectivity index (χ1) is 17.9. The monoisotopic (exact) mass is 530 g/mol. The third kappa shape index (κ3) is 5.90. The highest BCUT2D eigenvalue weighted by Gasteiger charge is 2.36. The van der Waals surface area contributed by atoms with Gasteiger partial charge in [0.1, 0.15) is 5.69 Å². The molecule has 0 radical (unpaired) electrons. The van der Waals surface area contributed by atoms with E-state index in [4.69, 9.17) is 9.47 Å². The summed E-state index contributed by atoms with van der Waals surface area (Å²) in [6.07, 6.45) is -1.62. The first-order valence-corrected chi connectivity index (χ1v) is 12.1. The van der Waals surface area contributed by atoms with Gasteiger partial charge in [0, 0.05) is 17.7 Å². The van der Waals surface area contributed by atoms with E-state index in [9.17, 15) is 18.0 Å². The molecule has 0 saturated carbocycles. The molecular formula is C26H29F3N6O3. The number of carbonyl (C=O) groups excluding carboxylic acids is 1. The number of halogens is 3. The highest BCUT2D eigenvalue weighted by atomic mass is 19.4. The van der Waals surface area contributed by atoms with Crippen LogP contribution in [0, 0.1) is 0 Å². The second-order valence-corrected chi connectivity index (χ2v) is 9.60. The zero-order chi connectivity index (χ0) is 27.7. The number of hydrogen-bond acceptors (Lipinski definition) is 6. The Morgan fingerprint density at radius 2 is 1.74 bits per heavy atom. The number of fused-ring (bicyclic) bond motifs is 1. The number of rotatable bonds is 8. The number of ether oxygens (including phenoxy) is 2. The molecule has 0 aliphatic rings. The Hall–Kier alpha value is -4.09. The Morgan fingerprint density at radius 3 is 2.39 bits per heavy atom. The lowest BCUT2D eigenvalue weighted by molar-refractivity contribution is -0.142. The maximum Gasteiger partial charge on any atom is 0.433 e. The van der Waals surface area contributed by atoms with Crippen LogP contribution in [0.3, 0.4) is 0 Å². The van der Waals surface area contributed by atoms with Gasteiger partial charge in [0.15, 0.2) is 22.8 Å². The molecule has 0 aliphatic carbocycles. The second kappa shape index (κ2) is 10.3. The van der Waals surface area contributed by atoms with Gasteiger partial charge in [0.2, 0.25) is 0 Å². The van der Waals surface area contributed by atoms with Crippen molar-refractivity contribution in [2.45, 2.75) is 52.8 Å². The lowest BCUT2D eigenvalue weighted by atomic mass is 9.91. The summed E-state index contributed by atoms with van der Waals surface area (Å²) >= 11 is 0. The summed E-state index contributed by atoms with van der Waals surface area (Å²) in [6, 6.07) is 7.78. The Balaban J connectivity index is 1.54. The number of benzene rings is 1. The van der Waals surface area contributed by atoms with Crippen molar-refractivity contribution in [3.63, 3.8) is 0 Å². The van der Waals surface area contributed by atoms with E-state index in [2.05, 4.69) is 20.5 Å². The number of aromatic nitrogens is 5. The number of amides is 1. The largest absolute Gasteiger partial charge is 0.490 e. The molecule has 0 aliphatic heterocycles. The number of nitrogens with zero attached hydrogens (tertiary/aromatic N) is 5. The van der Waals surface area contributed by atoms with E-state index in [-0.39, 0.29) is 17.0 Å². The smallest absolute Gasteiger partial charge is 0.433 e. The average Bonchev–Trinajstić information content (AvgIpc) is 3.46. The minimum atomic E-state index is -4.68. The molecule has 0 spiro atoms. The molecule has 0 saturated heterocycles. The third-order valence-electron chi connectivity index (χ3n) is 5.56. The zero-order valence-corrected chi connectivity index (χ0v) is 21.8. The maximum absolute atomic E-state index is 13.7. The van der Waals surface area contributed by atoms with Gasteiger partial charge in [-0.15, -0.1) is 0 Å². The fraction of sp³-hybridized carbons (Fsp3) is 0.385. The van der Waals surface area contributed by atoms with Crippen LogP contribution in [-0.2, 0) is 18.1 Å². The van der Waals surface area contributed by atoms with Gasteiger partial charge >= 0.3 is 6.18 Å². The highest BCUT2D eigenvalue weighted by Crippen LogP contribution is 2.33. The summed E-state index contributed by atoms with van der Waals surface area (Å²) in [7, 11) is 0. The van der Waals surface area contributed by atoms with Crippen LogP contribution < -0.4 is 14.8 Å². The van der Waals surface area contributed by atoms with E-state index in [0.29, 0.717) is 41.5 Å². The van der Waals surface area contributed by atoms with Gasteiger partial charge in [0.25, 0.3) is 5.91 Å². The van der Waals surface area contributed by atoms with Crippen molar-refractivity contribution < 1.29 is 27.4 Å². The molecule has 38 heavy (non-hydrogen) atoms. The lowest BCUT2D eigenvalue weighted by Gasteiger charge is -2.19. The van der Waals surface area contributed by atoms with Crippen molar-refractivity contribution in [1.29, 1.82) is 0 Å². The predicted molar refractivity (Wildman–Crippen MR) is 135 cm³/mol. The van der Waals surface area contributed by atoms with E-state index >= 15 is 0 Å². The van der Waals surface area contributed by atoms with Gasteiger partial charge in [-0.3, -0.25) is 9.48 Å². The summed E-state index contributed by atoms with van der Waals surface area (Å²) < 4.78 is 54.7. The van der Waals surface area contributed by atoms with Crippen LogP contribution in [0.4, 0.5) is 18.9 Å². The van der Waals surface area contributed by atoms with Gasteiger partial charge in [0.05, 0.1) is 37.3 Å². The van der Waals surface area contributed by atoms with Crippen molar-refractivity contribution >= 4 is 17.2 Å². The quantitative estimate of drug-likeness (QED) is 0.330. The molecule has 4 rings (SSSR count). The van der Waals surface area contributed by atoms with E-state index in [1.165, 1.54) is 12.3 Å². The summed E-state index contributed by atoms with van der Waals surface area (Å²) in [4.78, 5) is 17.2. The minimum Gasteiger partial charge on any atom is -0.490 e. The number of nitrogens with one attached hydrogen (secondary N) is 1. The molecule has 3 aromatic heterocycles. The van der Waals surface area contributed by atoms with Gasteiger partial charge < -0.3 is 14.8 Å². The number of carbonyl (C=O) groups is 1. The molecule has 0 atom stereocenters. The molecule has 1 N–H and O–H groups in total. The van der Waals surface area contributed by atoms with Crippen LogP contribution in [0.25, 0.3) is 5.65 Å². The third-order valence-corrected chi connectivity index (χ3v) is 5.56. The summed E-state index contributed by atoms with van der Waals surface area (Å²) in [5, 5.41) is 10.8. The van der Waals surface area contributed by atoms with E-state index in [1.807, 2.05) is 32.0 Å². The van der Waals surface area contributed by atoms with Gasteiger partial charge in [-0.25, -0.2) is 9.50 Å². The molecule has 3 heterocycles. The molecule has 1 aromatic carbocycles. The van der Waals surface area contributed by atoms with Gasteiger partial charge in [-0.1, -0.05) is 26.8 Å². The van der Waals surface area contributed by atoms with E-state index in [0.717, 1.165) is 11.6 Å². The Morgan fingerprint density at radius 1 is 1.03 bits per heavy atom. The first-order valence-electron chi connectivity index (χ1n) is 12.1. The molecular weight excluding hydrogens is 501 g/mol. The van der Waals surface area contributed by atoms with Crippen LogP contribution in [0.15, 0.2) is 42.7 Å². The van der Waals surface area contributed by atoms with Crippen LogP contribution in [0.5, 0.6) is 11.5 Å². The number of anilines is 1. The highest BCUT2D eigenvalue weighted by molar-refractivity contribution is 6.03. The molecule has 0 fully saturated rings. The van der Waals surface area contributed by atoms with Crippen LogP contribution in [-0.4, -0.2) is 43.5 Å². The number of alkyl halides is 3. The van der Waals surface area contributed by atoms with Crippen molar-refractivity contribution in [2.75, 3.05) is 18.5 Å². The predicted octanol–water partition coefficient (Wildman–Crippen LogP) is 5.34. The Bertz CT molecular complexity index is 1450. The molecule has 0 bridgehead atoms. The summed E-state index contributed by atoms with van der Waals surface area (Å²) in [5.74, 6) is 0.595.